The van der Waals surface area contributed by atoms with Gasteiger partial charge in [-0.05, 0) is 31.2 Å². The summed E-state index contributed by atoms with van der Waals surface area (Å²) in [5, 5.41) is 0. The number of carbonyl (C=O) groups is 2. The fraction of sp³-hybridized carbons (Fsp3) is 0.222. The molecular weight excluding hydrogens is 294 g/mol. The van der Waals surface area contributed by atoms with Gasteiger partial charge in [-0.3, -0.25) is 9.59 Å². The van der Waals surface area contributed by atoms with Crippen LogP contribution in [0, 0.1) is 0 Å². The number of rotatable bonds is 6. The molecule has 0 bridgehead atoms. The van der Waals surface area contributed by atoms with Crippen LogP contribution < -0.4 is 9.64 Å². The molecule has 0 fully saturated rings. The minimum absolute atomic E-state index is 0.308. The van der Waals surface area contributed by atoms with E-state index < -0.39 is 0 Å². The molecule has 0 radical (unpaired) electrons. The maximum absolute atomic E-state index is 12.5. The molecule has 0 atom stereocenters. The SMILES string of the molecule is CCOCCOc1cccc(N2C(=O)c3ccccc3C2=O)c1. The van der Waals surface area contributed by atoms with Crippen LogP contribution >= 0.6 is 0 Å². The van der Waals surface area contributed by atoms with Gasteiger partial charge in [0.05, 0.1) is 23.4 Å². The van der Waals surface area contributed by atoms with Crippen LogP contribution in [-0.4, -0.2) is 31.6 Å². The number of imide groups is 1. The lowest BCUT2D eigenvalue weighted by atomic mass is 10.1. The van der Waals surface area contributed by atoms with E-state index in [2.05, 4.69) is 0 Å². The maximum atomic E-state index is 12.5. The first-order chi connectivity index (χ1) is 11.2. The predicted octanol–water partition coefficient (Wildman–Crippen LogP) is 2.90. The van der Waals surface area contributed by atoms with Crippen molar-refractivity contribution in [1.82, 2.24) is 0 Å². The molecule has 1 aliphatic heterocycles. The molecule has 0 aliphatic carbocycles. The summed E-state index contributed by atoms with van der Waals surface area (Å²) < 4.78 is 10.8. The van der Waals surface area contributed by atoms with E-state index in [1.807, 2.05) is 6.92 Å². The number of carbonyl (C=O) groups excluding carboxylic acids is 2. The predicted molar refractivity (Wildman–Crippen MR) is 86.0 cm³/mol. The molecule has 0 unspecified atom stereocenters. The highest BCUT2D eigenvalue weighted by atomic mass is 16.5. The summed E-state index contributed by atoms with van der Waals surface area (Å²) in [7, 11) is 0. The average Bonchev–Trinajstić information content (AvgIpc) is 2.84. The van der Waals surface area contributed by atoms with E-state index in [-0.39, 0.29) is 11.8 Å². The Morgan fingerprint density at radius 1 is 0.913 bits per heavy atom. The minimum Gasteiger partial charge on any atom is -0.491 e. The van der Waals surface area contributed by atoms with Gasteiger partial charge in [-0.1, -0.05) is 18.2 Å². The average molecular weight is 311 g/mol. The maximum Gasteiger partial charge on any atom is 0.266 e. The summed E-state index contributed by atoms with van der Waals surface area (Å²) in [5.41, 5.74) is 1.37. The second-order valence-electron chi connectivity index (χ2n) is 5.03. The van der Waals surface area contributed by atoms with E-state index in [0.29, 0.717) is 42.4 Å². The third kappa shape index (κ3) is 2.96. The highest BCUT2D eigenvalue weighted by molar-refractivity contribution is 6.34. The van der Waals surface area contributed by atoms with E-state index in [1.54, 1.807) is 48.5 Å². The first-order valence-corrected chi connectivity index (χ1v) is 7.51. The van der Waals surface area contributed by atoms with Gasteiger partial charge in [-0.25, -0.2) is 4.90 Å². The second-order valence-corrected chi connectivity index (χ2v) is 5.03. The molecule has 1 heterocycles. The zero-order valence-corrected chi connectivity index (χ0v) is 12.8. The standard InChI is InChI=1S/C18H17NO4/c1-2-22-10-11-23-14-7-5-6-13(12-14)19-17(20)15-8-3-4-9-16(15)18(19)21/h3-9,12H,2,10-11H2,1H3. The molecule has 5 nitrogen and oxygen atoms in total. The van der Waals surface area contributed by atoms with Crippen LogP contribution in [0.3, 0.4) is 0 Å². The van der Waals surface area contributed by atoms with Gasteiger partial charge in [0.2, 0.25) is 0 Å². The summed E-state index contributed by atoms with van der Waals surface area (Å²) in [6, 6.07) is 13.8. The molecule has 1 aliphatic rings. The normalized spacial score (nSPS) is 13.3. The Hall–Kier alpha value is -2.66. The Morgan fingerprint density at radius 2 is 1.61 bits per heavy atom. The molecule has 0 saturated heterocycles. The molecule has 0 aromatic heterocycles. The van der Waals surface area contributed by atoms with Crippen LogP contribution in [0.15, 0.2) is 48.5 Å². The van der Waals surface area contributed by atoms with Crippen LogP contribution in [-0.2, 0) is 4.74 Å². The molecule has 2 amide bonds. The first-order valence-electron chi connectivity index (χ1n) is 7.51. The van der Waals surface area contributed by atoms with Gasteiger partial charge < -0.3 is 9.47 Å². The summed E-state index contributed by atoms with van der Waals surface area (Å²) in [6.45, 7) is 3.47. The van der Waals surface area contributed by atoms with Crippen molar-refractivity contribution >= 4 is 17.5 Å². The molecular formula is C18H17NO4. The van der Waals surface area contributed by atoms with E-state index >= 15 is 0 Å². The van der Waals surface area contributed by atoms with Crippen molar-refractivity contribution in [3.05, 3.63) is 59.7 Å². The lowest BCUT2D eigenvalue weighted by Crippen LogP contribution is -2.29. The molecule has 3 rings (SSSR count). The van der Waals surface area contributed by atoms with Crippen LogP contribution in [0.4, 0.5) is 5.69 Å². The van der Waals surface area contributed by atoms with Crippen molar-refractivity contribution in [2.45, 2.75) is 6.92 Å². The molecule has 5 heteroatoms. The van der Waals surface area contributed by atoms with Crippen molar-refractivity contribution < 1.29 is 19.1 Å². The third-order valence-electron chi connectivity index (χ3n) is 3.57. The molecule has 2 aromatic rings. The van der Waals surface area contributed by atoms with Crippen LogP contribution in [0.25, 0.3) is 0 Å². The van der Waals surface area contributed by atoms with Gasteiger partial charge in [0.15, 0.2) is 0 Å². The fourth-order valence-electron chi connectivity index (χ4n) is 2.50. The van der Waals surface area contributed by atoms with Crippen LogP contribution in [0.5, 0.6) is 5.75 Å². The summed E-state index contributed by atoms with van der Waals surface area (Å²) >= 11 is 0. The van der Waals surface area contributed by atoms with Gasteiger partial charge in [-0.15, -0.1) is 0 Å². The Labute approximate surface area is 134 Å². The van der Waals surface area contributed by atoms with Gasteiger partial charge in [-0.2, -0.15) is 0 Å². The first kappa shape index (κ1) is 15.2. The van der Waals surface area contributed by atoms with Gasteiger partial charge >= 0.3 is 0 Å². The number of fused-ring (bicyclic) bond motifs is 1. The van der Waals surface area contributed by atoms with Crippen molar-refractivity contribution in [2.75, 3.05) is 24.7 Å². The van der Waals surface area contributed by atoms with Crippen molar-refractivity contribution in [3.8, 4) is 5.75 Å². The number of hydrogen-bond donors (Lipinski definition) is 0. The Morgan fingerprint density at radius 3 is 2.26 bits per heavy atom. The van der Waals surface area contributed by atoms with E-state index in [1.165, 1.54) is 4.90 Å². The van der Waals surface area contributed by atoms with Crippen molar-refractivity contribution in [1.29, 1.82) is 0 Å². The number of anilines is 1. The fourth-order valence-corrected chi connectivity index (χ4v) is 2.50. The van der Waals surface area contributed by atoms with E-state index in [9.17, 15) is 9.59 Å². The lowest BCUT2D eigenvalue weighted by Gasteiger charge is -2.15. The monoisotopic (exact) mass is 311 g/mol. The highest BCUT2D eigenvalue weighted by Crippen LogP contribution is 2.30. The molecule has 0 saturated carbocycles. The van der Waals surface area contributed by atoms with Gasteiger partial charge in [0.25, 0.3) is 11.8 Å². The van der Waals surface area contributed by atoms with Crippen molar-refractivity contribution in [3.63, 3.8) is 0 Å². The molecule has 118 valence electrons. The summed E-state index contributed by atoms with van der Waals surface area (Å²) in [5.74, 6) is -0.0205. The molecule has 0 N–H and O–H groups in total. The highest BCUT2D eigenvalue weighted by Gasteiger charge is 2.36. The largest absolute Gasteiger partial charge is 0.491 e. The van der Waals surface area contributed by atoms with Crippen LogP contribution in [0.2, 0.25) is 0 Å². The quantitative estimate of drug-likeness (QED) is 0.608. The van der Waals surface area contributed by atoms with E-state index in [0.717, 1.165) is 0 Å². The lowest BCUT2D eigenvalue weighted by molar-refractivity contribution is 0.0926. The number of ether oxygens (including phenoxy) is 2. The Kier molecular flexibility index (Phi) is 4.39. The number of nitrogens with zero attached hydrogens (tertiary/aromatic N) is 1. The third-order valence-corrected chi connectivity index (χ3v) is 3.57. The smallest absolute Gasteiger partial charge is 0.266 e. The van der Waals surface area contributed by atoms with Crippen LogP contribution in [0.1, 0.15) is 27.6 Å². The molecule has 2 aromatic carbocycles. The van der Waals surface area contributed by atoms with E-state index in [4.69, 9.17) is 9.47 Å². The van der Waals surface area contributed by atoms with Crippen molar-refractivity contribution in [2.24, 2.45) is 0 Å². The van der Waals surface area contributed by atoms with Gasteiger partial charge in [0, 0.05) is 12.7 Å². The number of hydrogen-bond acceptors (Lipinski definition) is 4. The Balaban J connectivity index is 1.80. The second kappa shape index (κ2) is 6.62. The molecule has 0 spiro atoms. The topological polar surface area (TPSA) is 55.8 Å². The zero-order valence-electron chi connectivity index (χ0n) is 12.8. The van der Waals surface area contributed by atoms with Gasteiger partial charge in [0.1, 0.15) is 12.4 Å². The molecule has 23 heavy (non-hydrogen) atoms. The minimum atomic E-state index is -0.308. The number of benzene rings is 2. The number of amides is 2. The zero-order chi connectivity index (χ0) is 16.2. The summed E-state index contributed by atoms with van der Waals surface area (Å²) in [6.07, 6.45) is 0. The Bertz CT molecular complexity index is 706. The summed E-state index contributed by atoms with van der Waals surface area (Å²) in [4.78, 5) is 26.1.